The van der Waals surface area contributed by atoms with Gasteiger partial charge < -0.3 is 15.5 Å². The van der Waals surface area contributed by atoms with Gasteiger partial charge in [0, 0.05) is 51.0 Å². The molecular weight excluding hydrogens is 440 g/mol. The van der Waals surface area contributed by atoms with E-state index in [1.54, 1.807) is 19.9 Å². The highest BCUT2D eigenvalue weighted by Gasteiger charge is 2.35. The molecule has 2 aliphatic heterocycles. The van der Waals surface area contributed by atoms with E-state index in [0.29, 0.717) is 25.3 Å². The van der Waals surface area contributed by atoms with Crippen LogP contribution in [0.15, 0.2) is 24.3 Å². The molecule has 10 heteroatoms. The normalized spacial score (nSPS) is 20.9. The number of amides is 1. The minimum absolute atomic E-state index is 0. The van der Waals surface area contributed by atoms with E-state index in [1.165, 1.54) is 12.1 Å². The molecule has 2 saturated heterocycles. The van der Waals surface area contributed by atoms with E-state index < -0.39 is 17.3 Å². The van der Waals surface area contributed by atoms with Crippen LogP contribution in [0.25, 0.3) is 0 Å². The maximum atomic E-state index is 13.0. The first-order valence-corrected chi connectivity index (χ1v) is 9.80. The van der Waals surface area contributed by atoms with Gasteiger partial charge in [0.05, 0.1) is 11.1 Å². The second-order valence-electron chi connectivity index (χ2n) is 8.34. The molecule has 1 amide bonds. The van der Waals surface area contributed by atoms with Gasteiger partial charge in [-0.15, -0.1) is 24.8 Å². The molecule has 2 aliphatic rings. The molecule has 1 atom stereocenters. The lowest BCUT2D eigenvalue weighted by Crippen LogP contribution is -2.59. The molecule has 0 spiro atoms. The van der Waals surface area contributed by atoms with Crippen molar-refractivity contribution in [2.45, 2.75) is 44.4 Å². The molecule has 2 heterocycles. The monoisotopic (exact) mass is 470 g/mol. The summed E-state index contributed by atoms with van der Waals surface area (Å²) in [5.74, 6) is -0.0280. The number of nitrogens with zero attached hydrogens (tertiary/aromatic N) is 3. The summed E-state index contributed by atoms with van der Waals surface area (Å²) in [6, 6.07) is 5.80. The van der Waals surface area contributed by atoms with Crippen LogP contribution in [0.3, 0.4) is 0 Å². The standard InChI is InChI=1S/C20H29F3N4O.2ClH/c1-19(2,24)18(28)27-8-4-7-17(14-27)26-11-9-25(10-12-26)16-6-3-5-15(13-16)20(21,22)23;;/h3,5-6,13,17H,4,7-12,14,24H2,1-2H3;2*1H. The summed E-state index contributed by atoms with van der Waals surface area (Å²) in [6.45, 7) is 7.76. The maximum absolute atomic E-state index is 13.0. The van der Waals surface area contributed by atoms with Gasteiger partial charge in [-0.1, -0.05) is 6.07 Å². The minimum Gasteiger partial charge on any atom is -0.369 e. The molecule has 1 aromatic rings. The molecule has 0 radical (unpaired) electrons. The molecule has 0 aliphatic carbocycles. The van der Waals surface area contributed by atoms with Gasteiger partial charge in [-0.05, 0) is 44.9 Å². The molecule has 2 N–H and O–H groups in total. The number of piperazine rings is 1. The number of rotatable bonds is 3. The molecule has 1 unspecified atom stereocenters. The van der Waals surface area contributed by atoms with Crippen molar-refractivity contribution in [1.82, 2.24) is 9.80 Å². The smallest absolute Gasteiger partial charge is 0.369 e. The molecule has 172 valence electrons. The van der Waals surface area contributed by atoms with E-state index in [2.05, 4.69) is 4.90 Å². The van der Waals surface area contributed by atoms with Crippen LogP contribution in [-0.2, 0) is 11.0 Å². The fraction of sp³-hybridized carbons (Fsp3) is 0.650. The van der Waals surface area contributed by atoms with Crippen molar-refractivity contribution in [2.24, 2.45) is 5.73 Å². The topological polar surface area (TPSA) is 52.8 Å². The van der Waals surface area contributed by atoms with Gasteiger partial charge >= 0.3 is 6.18 Å². The van der Waals surface area contributed by atoms with E-state index in [1.807, 2.05) is 9.80 Å². The number of anilines is 1. The Morgan fingerprint density at radius 3 is 2.27 bits per heavy atom. The van der Waals surface area contributed by atoms with Gasteiger partial charge in [-0.25, -0.2) is 0 Å². The number of benzene rings is 1. The van der Waals surface area contributed by atoms with Crippen molar-refractivity contribution < 1.29 is 18.0 Å². The third-order valence-corrected chi connectivity index (χ3v) is 5.60. The summed E-state index contributed by atoms with van der Waals surface area (Å²) < 4.78 is 38.9. The van der Waals surface area contributed by atoms with Crippen molar-refractivity contribution >= 4 is 36.4 Å². The fourth-order valence-corrected chi connectivity index (χ4v) is 4.07. The fourth-order valence-electron chi connectivity index (χ4n) is 4.07. The lowest BCUT2D eigenvalue weighted by atomic mass is 9.99. The van der Waals surface area contributed by atoms with Crippen LogP contribution in [0.1, 0.15) is 32.3 Å². The van der Waals surface area contributed by atoms with Gasteiger partial charge in [0.1, 0.15) is 0 Å². The highest BCUT2D eigenvalue weighted by molar-refractivity contribution is 5.86. The second kappa shape index (κ2) is 10.4. The number of carbonyl (C=O) groups is 1. The lowest BCUT2D eigenvalue weighted by molar-refractivity contribution is -0.138. The van der Waals surface area contributed by atoms with E-state index in [9.17, 15) is 18.0 Å². The Labute approximate surface area is 188 Å². The predicted octanol–water partition coefficient (Wildman–Crippen LogP) is 3.40. The van der Waals surface area contributed by atoms with Crippen LogP contribution in [0.5, 0.6) is 0 Å². The van der Waals surface area contributed by atoms with Crippen molar-refractivity contribution in [3.63, 3.8) is 0 Å². The summed E-state index contributed by atoms with van der Waals surface area (Å²) in [6.07, 6.45) is -2.36. The number of hydrogen-bond acceptors (Lipinski definition) is 4. The largest absolute Gasteiger partial charge is 0.416 e. The predicted molar refractivity (Wildman–Crippen MR) is 118 cm³/mol. The zero-order valence-electron chi connectivity index (χ0n) is 17.3. The van der Waals surface area contributed by atoms with Crippen molar-refractivity contribution in [1.29, 1.82) is 0 Å². The van der Waals surface area contributed by atoms with Gasteiger partial charge in [0.25, 0.3) is 0 Å². The first kappa shape index (κ1) is 26.8. The Balaban J connectivity index is 0.00000225. The molecule has 1 aromatic carbocycles. The molecule has 5 nitrogen and oxygen atoms in total. The van der Waals surface area contributed by atoms with Gasteiger partial charge in [-0.3, -0.25) is 9.69 Å². The highest BCUT2D eigenvalue weighted by atomic mass is 35.5. The first-order valence-electron chi connectivity index (χ1n) is 9.80. The maximum Gasteiger partial charge on any atom is 0.416 e. The average Bonchev–Trinajstić information content (AvgIpc) is 2.66. The Bertz CT molecular complexity index is 704. The molecule has 0 bridgehead atoms. The van der Waals surface area contributed by atoms with Crippen LogP contribution < -0.4 is 10.6 Å². The Kier molecular flexibility index (Phi) is 9.29. The number of nitrogens with two attached hydrogens (primary N) is 1. The van der Waals surface area contributed by atoms with Crippen LogP contribution in [-0.4, -0.2) is 66.6 Å². The third kappa shape index (κ3) is 6.39. The van der Waals surface area contributed by atoms with Crippen LogP contribution in [0.4, 0.5) is 18.9 Å². The van der Waals surface area contributed by atoms with Gasteiger partial charge in [-0.2, -0.15) is 13.2 Å². The van der Waals surface area contributed by atoms with Crippen LogP contribution >= 0.6 is 24.8 Å². The summed E-state index contributed by atoms with van der Waals surface area (Å²) in [4.78, 5) is 18.7. The third-order valence-electron chi connectivity index (χ3n) is 5.60. The number of halogens is 5. The van der Waals surface area contributed by atoms with Crippen LogP contribution in [0, 0.1) is 0 Å². The molecule has 2 fully saturated rings. The Morgan fingerprint density at radius 1 is 1.07 bits per heavy atom. The lowest BCUT2D eigenvalue weighted by Gasteiger charge is -2.44. The number of likely N-dealkylation sites (tertiary alicyclic amines) is 1. The van der Waals surface area contributed by atoms with Gasteiger partial charge in [0.15, 0.2) is 0 Å². The highest BCUT2D eigenvalue weighted by Crippen LogP contribution is 2.32. The van der Waals surface area contributed by atoms with Crippen molar-refractivity contribution in [3.8, 4) is 0 Å². The summed E-state index contributed by atoms with van der Waals surface area (Å²) in [5, 5.41) is 0. The van der Waals surface area contributed by atoms with E-state index in [-0.39, 0.29) is 36.8 Å². The molecule has 0 saturated carbocycles. The SMILES string of the molecule is CC(C)(N)C(=O)N1CCCC(N2CCN(c3cccc(C(F)(F)F)c3)CC2)C1.Cl.Cl. The molecular formula is C20H31Cl2F3N4O. The van der Waals surface area contributed by atoms with Gasteiger partial charge in [0.2, 0.25) is 5.91 Å². The Morgan fingerprint density at radius 2 is 1.70 bits per heavy atom. The van der Waals surface area contributed by atoms with Crippen LogP contribution in [0.2, 0.25) is 0 Å². The summed E-state index contributed by atoms with van der Waals surface area (Å²) in [5.41, 5.74) is 5.09. The second-order valence-corrected chi connectivity index (χ2v) is 8.34. The summed E-state index contributed by atoms with van der Waals surface area (Å²) in [7, 11) is 0. The zero-order chi connectivity index (χ0) is 20.5. The van der Waals surface area contributed by atoms with E-state index >= 15 is 0 Å². The van der Waals surface area contributed by atoms with Crippen molar-refractivity contribution in [2.75, 3.05) is 44.2 Å². The molecule has 30 heavy (non-hydrogen) atoms. The number of piperidine rings is 1. The van der Waals surface area contributed by atoms with E-state index in [0.717, 1.165) is 38.5 Å². The number of hydrogen-bond donors (Lipinski definition) is 1. The quantitative estimate of drug-likeness (QED) is 0.735. The number of alkyl halides is 3. The minimum atomic E-state index is -4.33. The Hall–Kier alpha value is -1.22. The average molecular weight is 471 g/mol. The zero-order valence-corrected chi connectivity index (χ0v) is 19.0. The number of carbonyl (C=O) groups excluding carboxylic acids is 1. The van der Waals surface area contributed by atoms with Crippen molar-refractivity contribution in [3.05, 3.63) is 29.8 Å². The molecule has 0 aromatic heterocycles. The van der Waals surface area contributed by atoms with E-state index in [4.69, 9.17) is 5.73 Å². The summed E-state index contributed by atoms with van der Waals surface area (Å²) >= 11 is 0. The first-order chi connectivity index (χ1) is 13.1. The molecule has 3 rings (SSSR count).